The van der Waals surface area contributed by atoms with Crippen molar-refractivity contribution in [2.75, 3.05) is 11.9 Å². The Bertz CT molecular complexity index is 1220. The molecule has 1 atom stereocenters. The van der Waals surface area contributed by atoms with Crippen molar-refractivity contribution in [3.63, 3.8) is 0 Å². The van der Waals surface area contributed by atoms with Gasteiger partial charge in [-0.1, -0.05) is 18.2 Å². The minimum Gasteiger partial charge on any atom is -0.482 e. The number of carbonyl (C=O) groups is 2. The maximum absolute atomic E-state index is 12.9. The second-order valence-electron chi connectivity index (χ2n) is 6.98. The zero-order chi connectivity index (χ0) is 23.3. The van der Waals surface area contributed by atoms with E-state index in [-0.39, 0.29) is 5.69 Å². The van der Waals surface area contributed by atoms with Gasteiger partial charge in [0, 0.05) is 7.05 Å². The minimum atomic E-state index is -1.14. The van der Waals surface area contributed by atoms with Gasteiger partial charge in [0.25, 0.3) is 11.5 Å². The van der Waals surface area contributed by atoms with Crippen molar-refractivity contribution in [3.8, 4) is 17.5 Å². The molecule has 0 fully saturated rings. The maximum atomic E-state index is 12.9. The Morgan fingerprint density at radius 3 is 2.41 bits per heavy atom. The summed E-state index contributed by atoms with van der Waals surface area (Å²) in [7, 11) is 1.71. The molecule has 1 amide bonds. The van der Waals surface area contributed by atoms with E-state index in [0.717, 1.165) is 0 Å². The average Bonchev–Trinajstić information content (AvgIpc) is 3.01. The number of nitriles is 1. The van der Waals surface area contributed by atoms with Crippen LogP contribution in [0.4, 0.5) is 5.69 Å². The Kier molecular flexibility index (Phi) is 6.75. The predicted octanol–water partition coefficient (Wildman–Crippen LogP) is 2.31. The van der Waals surface area contributed by atoms with Crippen molar-refractivity contribution in [1.82, 2.24) is 9.36 Å². The Morgan fingerprint density at radius 2 is 1.78 bits per heavy atom. The Morgan fingerprint density at radius 1 is 1.12 bits per heavy atom. The number of aromatic nitrogens is 2. The molecule has 0 aliphatic rings. The molecule has 2 aromatic carbocycles. The summed E-state index contributed by atoms with van der Waals surface area (Å²) in [6, 6.07) is 17.2. The lowest BCUT2D eigenvalue weighted by Crippen LogP contribution is -2.33. The van der Waals surface area contributed by atoms with Crippen molar-refractivity contribution in [2.24, 2.45) is 7.05 Å². The molecule has 164 valence electrons. The van der Waals surface area contributed by atoms with E-state index in [2.05, 4.69) is 5.32 Å². The molecule has 1 aromatic heterocycles. The molecule has 3 aromatic rings. The zero-order valence-electron chi connectivity index (χ0n) is 17.9. The van der Waals surface area contributed by atoms with E-state index in [1.54, 1.807) is 55.1 Å². The summed E-state index contributed by atoms with van der Waals surface area (Å²) < 4.78 is 13.5. The number of rotatable bonds is 7. The summed E-state index contributed by atoms with van der Waals surface area (Å²) in [5, 5.41) is 11.3. The first-order chi connectivity index (χ1) is 15.3. The summed E-state index contributed by atoms with van der Waals surface area (Å²) in [6.07, 6.45) is -1.14. The number of para-hydroxylation sites is 1. The smallest absolute Gasteiger partial charge is 0.344 e. The minimum absolute atomic E-state index is 0.109. The van der Waals surface area contributed by atoms with Crippen LogP contribution in [0.5, 0.6) is 5.75 Å². The first-order valence-corrected chi connectivity index (χ1v) is 9.79. The molecular weight excluding hydrogens is 412 g/mol. The molecule has 9 nitrogen and oxygen atoms in total. The van der Waals surface area contributed by atoms with E-state index in [1.807, 2.05) is 24.3 Å². The van der Waals surface area contributed by atoms with Crippen molar-refractivity contribution >= 4 is 17.6 Å². The van der Waals surface area contributed by atoms with Crippen LogP contribution in [0.3, 0.4) is 0 Å². The highest BCUT2D eigenvalue weighted by atomic mass is 16.6. The average molecular weight is 434 g/mol. The highest BCUT2D eigenvalue weighted by molar-refractivity contribution is 5.95. The third-order valence-corrected chi connectivity index (χ3v) is 4.82. The van der Waals surface area contributed by atoms with E-state index in [4.69, 9.17) is 14.7 Å². The van der Waals surface area contributed by atoms with Crippen molar-refractivity contribution in [3.05, 3.63) is 76.2 Å². The van der Waals surface area contributed by atoms with Gasteiger partial charge in [-0.25, -0.2) is 9.48 Å². The molecule has 0 bridgehead atoms. The third kappa shape index (κ3) is 4.87. The Balaban J connectivity index is 1.62. The lowest BCUT2D eigenvalue weighted by atomic mass is 10.2. The van der Waals surface area contributed by atoms with Gasteiger partial charge in [-0.3, -0.25) is 14.3 Å². The molecule has 1 N–H and O–H groups in total. The normalized spacial score (nSPS) is 11.3. The van der Waals surface area contributed by atoms with E-state index >= 15 is 0 Å². The van der Waals surface area contributed by atoms with Crippen LogP contribution >= 0.6 is 0 Å². The molecule has 0 radical (unpaired) electrons. The molecule has 0 unspecified atom stereocenters. The molecule has 0 spiro atoms. The van der Waals surface area contributed by atoms with Gasteiger partial charge in [-0.05, 0) is 50.2 Å². The molecule has 0 saturated heterocycles. The fourth-order valence-corrected chi connectivity index (χ4v) is 2.99. The van der Waals surface area contributed by atoms with E-state index in [0.29, 0.717) is 22.7 Å². The van der Waals surface area contributed by atoms with Crippen LogP contribution < -0.4 is 15.6 Å². The van der Waals surface area contributed by atoms with E-state index in [9.17, 15) is 14.4 Å². The van der Waals surface area contributed by atoms with Gasteiger partial charge in [0.15, 0.2) is 12.7 Å². The van der Waals surface area contributed by atoms with Crippen LogP contribution in [0.1, 0.15) is 18.2 Å². The van der Waals surface area contributed by atoms with Gasteiger partial charge in [0.1, 0.15) is 11.4 Å². The number of hydrogen-bond acceptors (Lipinski definition) is 6. The molecule has 0 aliphatic carbocycles. The van der Waals surface area contributed by atoms with Gasteiger partial charge in [-0.15, -0.1) is 0 Å². The Hall–Kier alpha value is -4.32. The largest absolute Gasteiger partial charge is 0.482 e. The number of amides is 1. The van der Waals surface area contributed by atoms with Crippen LogP contribution in [-0.2, 0) is 21.4 Å². The topological polar surface area (TPSA) is 115 Å². The van der Waals surface area contributed by atoms with Crippen molar-refractivity contribution in [1.29, 1.82) is 5.26 Å². The van der Waals surface area contributed by atoms with Crippen LogP contribution in [-0.4, -0.2) is 34.0 Å². The zero-order valence-corrected chi connectivity index (χ0v) is 17.9. The molecular formula is C23H22N4O5. The number of benzene rings is 2. The highest BCUT2D eigenvalue weighted by Crippen LogP contribution is 2.15. The van der Waals surface area contributed by atoms with Crippen LogP contribution in [0, 0.1) is 18.3 Å². The fourth-order valence-electron chi connectivity index (χ4n) is 2.99. The number of ether oxygens (including phenoxy) is 2. The third-order valence-electron chi connectivity index (χ3n) is 4.82. The molecule has 9 heteroatoms. The summed E-state index contributed by atoms with van der Waals surface area (Å²) >= 11 is 0. The quantitative estimate of drug-likeness (QED) is 0.571. The van der Waals surface area contributed by atoms with Crippen molar-refractivity contribution < 1.29 is 19.1 Å². The van der Waals surface area contributed by atoms with Gasteiger partial charge < -0.3 is 14.8 Å². The SMILES string of the molecule is Cc1c(NC(=O)[C@H](C)OC(=O)COc2ccc(C#N)cc2)c(=O)n(-c2ccccc2)n1C. The lowest BCUT2D eigenvalue weighted by Gasteiger charge is -2.13. The number of esters is 1. The van der Waals surface area contributed by atoms with Gasteiger partial charge >= 0.3 is 5.97 Å². The molecule has 0 saturated carbocycles. The fraction of sp³-hybridized carbons (Fsp3) is 0.217. The molecule has 1 heterocycles. The summed E-state index contributed by atoms with van der Waals surface area (Å²) in [4.78, 5) is 37.4. The van der Waals surface area contributed by atoms with Crippen LogP contribution in [0.15, 0.2) is 59.4 Å². The Labute approximate surface area is 184 Å². The second-order valence-corrected chi connectivity index (χ2v) is 6.98. The standard InChI is InChI=1S/C23H22N4O5/c1-15-21(23(30)27(26(15)3)18-7-5-4-6-8-18)25-22(29)16(2)32-20(28)14-31-19-11-9-17(13-24)10-12-19/h4-12,16H,14H2,1-3H3,(H,25,29)/t16-/m0/s1. The number of anilines is 1. The first-order valence-electron chi connectivity index (χ1n) is 9.79. The van der Waals surface area contributed by atoms with Gasteiger partial charge in [-0.2, -0.15) is 5.26 Å². The summed E-state index contributed by atoms with van der Waals surface area (Å²) in [5.41, 5.74) is 1.39. The molecule has 3 rings (SSSR count). The number of hydrogen-bond donors (Lipinski definition) is 1. The van der Waals surface area contributed by atoms with Crippen LogP contribution in [0.2, 0.25) is 0 Å². The lowest BCUT2D eigenvalue weighted by molar-refractivity contribution is -0.155. The monoisotopic (exact) mass is 434 g/mol. The van der Waals surface area contributed by atoms with E-state index < -0.39 is 30.1 Å². The summed E-state index contributed by atoms with van der Waals surface area (Å²) in [5.74, 6) is -0.995. The second kappa shape index (κ2) is 9.66. The number of carbonyl (C=O) groups excluding carboxylic acids is 2. The molecule has 0 aliphatic heterocycles. The predicted molar refractivity (Wildman–Crippen MR) is 117 cm³/mol. The van der Waals surface area contributed by atoms with Gasteiger partial charge in [0.2, 0.25) is 0 Å². The first kappa shape index (κ1) is 22.4. The maximum Gasteiger partial charge on any atom is 0.344 e. The van der Waals surface area contributed by atoms with E-state index in [1.165, 1.54) is 11.6 Å². The number of nitrogens with one attached hydrogen (secondary N) is 1. The molecule has 32 heavy (non-hydrogen) atoms. The van der Waals surface area contributed by atoms with Crippen molar-refractivity contribution in [2.45, 2.75) is 20.0 Å². The summed E-state index contributed by atoms with van der Waals surface area (Å²) in [6.45, 7) is 2.70. The van der Waals surface area contributed by atoms with Gasteiger partial charge in [0.05, 0.1) is 23.0 Å². The number of nitrogens with zero attached hydrogens (tertiary/aromatic N) is 3. The van der Waals surface area contributed by atoms with Crippen LogP contribution in [0.25, 0.3) is 5.69 Å². The highest BCUT2D eigenvalue weighted by Gasteiger charge is 2.23.